The smallest absolute Gasteiger partial charge is 0.241 e. The van der Waals surface area contributed by atoms with Crippen LogP contribution >= 0.6 is 11.3 Å². The molecule has 0 aliphatic rings. The topological polar surface area (TPSA) is 116 Å². The van der Waals surface area contributed by atoms with Gasteiger partial charge in [-0.05, 0) is 61.4 Å². The Hall–Kier alpha value is -3.26. The summed E-state index contributed by atoms with van der Waals surface area (Å²) >= 11 is 1.52. The molecule has 1 unspecified atom stereocenters. The number of amidine groups is 1. The van der Waals surface area contributed by atoms with Gasteiger partial charge in [-0.3, -0.25) is 0 Å². The Morgan fingerprint density at radius 3 is 2.19 bits per heavy atom. The molecule has 0 aliphatic heterocycles. The molecule has 3 rings (SSSR count). The number of benzene rings is 2. The summed E-state index contributed by atoms with van der Waals surface area (Å²) in [5.74, 6) is 1.41. The molecule has 31 heavy (non-hydrogen) atoms. The van der Waals surface area contributed by atoms with Crippen LogP contribution in [0.5, 0.6) is 11.5 Å². The van der Waals surface area contributed by atoms with Gasteiger partial charge in [-0.15, -0.1) is 11.3 Å². The van der Waals surface area contributed by atoms with Gasteiger partial charge in [0.1, 0.15) is 22.2 Å². The molecule has 0 bridgehead atoms. The van der Waals surface area contributed by atoms with E-state index in [0.717, 1.165) is 46.9 Å². The van der Waals surface area contributed by atoms with Crippen LogP contribution in [0.1, 0.15) is 43.7 Å². The first-order chi connectivity index (χ1) is 15.0. The van der Waals surface area contributed by atoms with Gasteiger partial charge in [-0.2, -0.15) is 0 Å². The number of oxime groups is 1. The van der Waals surface area contributed by atoms with Gasteiger partial charge in [-0.1, -0.05) is 25.4 Å². The number of unbranched alkanes of at least 4 members (excludes halogenated alkanes) is 1. The van der Waals surface area contributed by atoms with Crippen LogP contribution in [0.4, 0.5) is 5.00 Å². The molecule has 3 aromatic rings. The first-order valence-corrected chi connectivity index (χ1v) is 11.1. The molecule has 2 aromatic carbocycles. The lowest BCUT2D eigenvalue weighted by molar-refractivity contribution is -0.00211. The van der Waals surface area contributed by atoms with Gasteiger partial charge >= 0.3 is 0 Å². The zero-order valence-electron chi connectivity index (χ0n) is 17.7. The van der Waals surface area contributed by atoms with E-state index in [0.29, 0.717) is 17.1 Å². The number of hydrogen-bond donors (Lipinski definition) is 3. The van der Waals surface area contributed by atoms with Crippen molar-refractivity contribution in [1.82, 2.24) is 4.98 Å². The van der Waals surface area contributed by atoms with Crippen LogP contribution in [0.3, 0.4) is 0 Å². The van der Waals surface area contributed by atoms with Crippen LogP contribution in [0.2, 0.25) is 0 Å². The van der Waals surface area contributed by atoms with Crippen molar-refractivity contribution in [3.05, 3.63) is 59.1 Å². The largest absolute Gasteiger partial charge is 0.455 e. The Kier molecular flexibility index (Phi) is 7.72. The molecule has 0 fully saturated rings. The highest BCUT2D eigenvalue weighted by Crippen LogP contribution is 2.32. The zero-order valence-corrected chi connectivity index (χ0v) is 18.6. The number of nitrogens with two attached hydrogens (primary N) is 2. The molecule has 5 N–H and O–H groups in total. The van der Waals surface area contributed by atoms with E-state index in [1.165, 1.54) is 11.3 Å². The molecule has 1 heterocycles. The average molecular weight is 441 g/mol. The summed E-state index contributed by atoms with van der Waals surface area (Å²) in [6.45, 7) is 4.19. The van der Waals surface area contributed by atoms with E-state index in [2.05, 4.69) is 24.0 Å². The highest BCUT2D eigenvalue weighted by atomic mass is 32.1. The van der Waals surface area contributed by atoms with E-state index in [-0.39, 0.29) is 5.84 Å². The number of aryl methyl sites for hydroxylation is 1. The van der Waals surface area contributed by atoms with Crippen molar-refractivity contribution in [3.63, 3.8) is 0 Å². The minimum atomic E-state index is -0.434. The van der Waals surface area contributed by atoms with E-state index in [9.17, 15) is 0 Å². The number of rotatable bonds is 10. The second kappa shape index (κ2) is 10.7. The maximum absolute atomic E-state index is 8.79. The SMILES string of the molecule is CCCCC(Oc1ccc(C(N)=NO)cc1)Oc1ccc(-c2nc(CC)sc2N)cc1. The fourth-order valence-electron chi connectivity index (χ4n) is 3.01. The van der Waals surface area contributed by atoms with Gasteiger partial charge in [0, 0.05) is 17.5 Å². The van der Waals surface area contributed by atoms with Crippen molar-refractivity contribution >= 4 is 22.2 Å². The molecule has 0 aliphatic carbocycles. The lowest BCUT2D eigenvalue weighted by atomic mass is 10.1. The van der Waals surface area contributed by atoms with Crippen molar-refractivity contribution in [2.75, 3.05) is 5.73 Å². The maximum atomic E-state index is 8.79. The van der Waals surface area contributed by atoms with Crippen molar-refractivity contribution in [1.29, 1.82) is 0 Å². The van der Waals surface area contributed by atoms with Gasteiger partial charge in [0.25, 0.3) is 0 Å². The van der Waals surface area contributed by atoms with E-state index >= 15 is 0 Å². The normalized spacial score (nSPS) is 12.5. The summed E-state index contributed by atoms with van der Waals surface area (Å²) in [6.07, 6.45) is 3.19. The van der Waals surface area contributed by atoms with Crippen molar-refractivity contribution in [3.8, 4) is 22.8 Å². The Bertz CT molecular complexity index is 1000. The molecule has 0 saturated heterocycles. The molecule has 1 aromatic heterocycles. The third-order valence-electron chi connectivity index (χ3n) is 4.71. The van der Waals surface area contributed by atoms with Gasteiger partial charge in [-0.25, -0.2) is 4.98 Å². The Labute approximate surface area is 186 Å². The standard InChI is InChI=1S/C23H28N4O3S/c1-3-5-6-20(30-18-13-9-16(10-14-18)22(24)27-28)29-17-11-7-15(8-12-17)21-23(25)31-19(4-2)26-21/h7-14,20,28H,3-6,25H2,1-2H3,(H2,24,27). The quantitative estimate of drug-likeness (QED) is 0.134. The minimum Gasteiger partial charge on any atom is -0.455 e. The third kappa shape index (κ3) is 5.88. The van der Waals surface area contributed by atoms with Crippen molar-refractivity contribution in [2.45, 2.75) is 45.8 Å². The molecule has 0 amide bonds. The molecule has 0 spiro atoms. The van der Waals surface area contributed by atoms with Gasteiger partial charge in [0.15, 0.2) is 5.84 Å². The first kappa shape index (κ1) is 22.4. The molecule has 1 atom stereocenters. The zero-order chi connectivity index (χ0) is 22.2. The molecule has 164 valence electrons. The lowest BCUT2D eigenvalue weighted by Crippen LogP contribution is -2.24. The summed E-state index contributed by atoms with van der Waals surface area (Å²) < 4.78 is 12.2. The van der Waals surface area contributed by atoms with E-state index in [1.807, 2.05) is 24.3 Å². The Morgan fingerprint density at radius 1 is 1.06 bits per heavy atom. The monoisotopic (exact) mass is 440 g/mol. The summed E-state index contributed by atoms with van der Waals surface area (Å²) in [5, 5.41) is 13.5. The summed E-state index contributed by atoms with van der Waals surface area (Å²) in [4.78, 5) is 4.61. The number of hydrogen-bond acceptors (Lipinski definition) is 7. The van der Waals surface area contributed by atoms with E-state index in [1.54, 1.807) is 24.3 Å². The number of nitrogen functional groups attached to an aromatic ring is 1. The van der Waals surface area contributed by atoms with Crippen molar-refractivity contribution in [2.24, 2.45) is 10.9 Å². The first-order valence-electron chi connectivity index (χ1n) is 10.3. The van der Waals surface area contributed by atoms with Crippen LogP contribution in [0.15, 0.2) is 53.7 Å². The minimum absolute atomic E-state index is 0.0530. The Balaban J connectivity index is 1.70. The lowest BCUT2D eigenvalue weighted by Gasteiger charge is -2.21. The maximum Gasteiger partial charge on any atom is 0.241 e. The highest BCUT2D eigenvalue weighted by Gasteiger charge is 2.14. The molecule has 8 heteroatoms. The van der Waals surface area contributed by atoms with E-state index < -0.39 is 6.29 Å². The molecular formula is C23H28N4O3S. The van der Waals surface area contributed by atoms with Crippen LogP contribution in [-0.4, -0.2) is 22.3 Å². The van der Waals surface area contributed by atoms with Gasteiger partial charge in [0.2, 0.25) is 6.29 Å². The fourth-order valence-corrected chi connectivity index (χ4v) is 3.80. The average Bonchev–Trinajstić information content (AvgIpc) is 3.18. The Morgan fingerprint density at radius 2 is 1.68 bits per heavy atom. The number of nitrogens with zero attached hydrogens (tertiary/aromatic N) is 2. The number of thiazole rings is 1. The third-order valence-corrected chi connectivity index (χ3v) is 5.74. The predicted molar refractivity (Wildman–Crippen MR) is 125 cm³/mol. The summed E-state index contributed by atoms with van der Waals surface area (Å²) in [6, 6.07) is 14.8. The number of ether oxygens (including phenoxy) is 2. The summed E-state index contributed by atoms with van der Waals surface area (Å²) in [5.41, 5.74) is 14.1. The predicted octanol–water partition coefficient (Wildman–Crippen LogP) is 5.02. The van der Waals surface area contributed by atoms with E-state index in [4.69, 9.17) is 26.1 Å². The second-order valence-electron chi connectivity index (χ2n) is 7.02. The van der Waals surface area contributed by atoms with Crippen LogP contribution < -0.4 is 20.9 Å². The van der Waals surface area contributed by atoms with Crippen molar-refractivity contribution < 1.29 is 14.7 Å². The number of anilines is 1. The van der Waals surface area contributed by atoms with Crippen LogP contribution in [-0.2, 0) is 6.42 Å². The summed E-state index contributed by atoms with van der Waals surface area (Å²) in [7, 11) is 0. The second-order valence-corrected chi connectivity index (χ2v) is 8.13. The molecule has 0 radical (unpaired) electrons. The molecule has 7 nitrogen and oxygen atoms in total. The van der Waals surface area contributed by atoms with Crippen LogP contribution in [0.25, 0.3) is 11.3 Å². The highest BCUT2D eigenvalue weighted by molar-refractivity contribution is 7.16. The van der Waals surface area contributed by atoms with Crippen LogP contribution in [0, 0.1) is 0 Å². The number of aromatic nitrogens is 1. The molecular weight excluding hydrogens is 412 g/mol. The fraction of sp³-hybridized carbons (Fsp3) is 0.304. The molecule has 0 saturated carbocycles. The van der Waals surface area contributed by atoms with Gasteiger partial charge in [0.05, 0.1) is 5.01 Å². The van der Waals surface area contributed by atoms with Gasteiger partial charge < -0.3 is 26.1 Å².